The molecule has 16 heavy (non-hydrogen) atoms. The van der Waals surface area contributed by atoms with E-state index in [0.29, 0.717) is 6.04 Å². The van der Waals surface area contributed by atoms with Crippen molar-refractivity contribution < 1.29 is 0 Å². The van der Waals surface area contributed by atoms with E-state index in [1.54, 1.807) is 0 Å². The van der Waals surface area contributed by atoms with E-state index in [2.05, 4.69) is 43.0 Å². The molecular weight excluding hydrogens is 198 g/mol. The van der Waals surface area contributed by atoms with Gasteiger partial charge in [0.15, 0.2) is 0 Å². The van der Waals surface area contributed by atoms with E-state index >= 15 is 0 Å². The lowest BCUT2D eigenvalue weighted by Gasteiger charge is -2.23. The SMILES string of the molecule is Cc1ccc(N)cc1N1CC[C@H](N(C)C)C1. The molecule has 3 heteroatoms. The van der Waals surface area contributed by atoms with Crippen LogP contribution in [0.5, 0.6) is 0 Å². The van der Waals surface area contributed by atoms with Gasteiger partial charge in [-0.25, -0.2) is 0 Å². The van der Waals surface area contributed by atoms with Crippen molar-refractivity contribution in [1.82, 2.24) is 4.90 Å². The molecule has 0 radical (unpaired) electrons. The zero-order chi connectivity index (χ0) is 11.7. The monoisotopic (exact) mass is 219 g/mol. The van der Waals surface area contributed by atoms with Crippen molar-refractivity contribution in [2.24, 2.45) is 0 Å². The van der Waals surface area contributed by atoms with E-state index in [9.17, 15) is 0 Å². The fourth-order valence-corrected chi connectivity index (χ4v) is 2.35. The van der Waals surface area contributed by atoms with E-state index in [1.807, 2.05) is 6.07 Å². The van der Waals surface area contributed by atoms with Gasteiger partial charge in [-0.2, -0.15) is 0 Å². The third-order valence-corrected chi connectivity index (χ3v) is 3.47. The van der Waals surface area contributed by atoms with Crippen LogP contribution in [0.2, 0.25) is 0 Å². The minimum absolute atomic E-state index is 0.667. The zero-order valence-electron chi connectivity index (χ0n) is 10.4. The molecule has 1 aliphatic rings. The van der Waals surface area contributed by atoms with Crippen molar-refractivity contribution in [1.29, 1.82) is 0 Å². The van der Waals surface area contributed by atoms with Crippen LogP contribution in [0.15, 0.2) is 18.2 Å². The van der Waals surface area contributed by atoms with Gasteiger partial charge in [-0.3, -0.25) is 0 Å². The van der Waals surface area contributed by atoms with Crippen LogP contribution in [0.25, 0.3) is 0 Å². The van der Waals surface area contributed by atoms with Gasteiger partial charge in [0.2, 0.25) is 0 Å². The second-order valence-electron chi connectivity index (χ2n) is 4.90. The maximum absolute atomic E-state index is 5.85. The van der Waals surface area contributed by atoms with Gasteiger partial charge >= 0.3 is 0 Å². The molecule has 3 nitrogen and oxygen atoms in total. The van der Waals surface area contributed by atoms with E-state index in [1.165, 1.54) is 17.7 Å². The fraction of sp³-hybridized carbons (Fsp3) is 0.538. The van der Waals surface area contributed by atoms with Crippen molar-refractivity contribution in [3.8, 4) is 0 Å². The van der Waals surface area contributed by atoms with E-state index in [-0.39, 0.29) is 0 Å². The van der Waals surface area contributed by atoms with Crippen LogP contribution in [0, 0.1) is 6.92 Å². The first-order valence-corrected chi connectivity index (χ1v) is 5.85. The number of benzene rings is 1. The number of rotatable bonds is 2. The lowest BCUT2D eigenvalue weighted by molar-refractivity contribution is 0.315. The van der Waals surface area contributed by atoms with Crippen LogP contribution in [0.4, 0.5) is 11.4 Å². The van der Waals surface area contributed by atoms with Gasteiger partial charge < -0.3 is 15.5 Å². The van der Waals surface area contributed by atoms with Crippen LogP contribution in [0.1, 0.15) is 12.0 Å². The average Bonchev–Trinajstić information content (AvgIpc) is 2.70. The molecule has 0 aromatic heterocycles. The zero-order valence-corrected chi connectivity index (χ0v) is 10.4. The van der Waals surface area contributed by atoms with Crippen LogP contribution < -0.4 is 10.6 Å². The molecule has 0 amide bonds. The first-order chi connectivity index (χ1) is 7.58. The number of nitrogens with zero attached hydrogens (tertiary/aromatic N) is 2. The molecule has 1 atom stereocenters. The summed E-state index contributed by atoms with van der Waals surface area (Å²) in [5.74, 6) is 0. The number of hydrogen-bond donors (Lipinski definition) is 1. The molecule has 0 saturated carbocycles. The molecule has 1 heterocycles. The number of anilines is 2. The quantitative estimate of drug-likeness (QED) is 0.769. The Kier molecular flexibility index (Phi) is 3.06. The molecule has 0 unspecified atom stereocenters. The van der Waals surface area contributed by atoms with Gasteiger partial charge in [-0.05, 0) is 45.1 Å². The number of likely N-dealkylation sites (N-methyl/N-ethyl adjacent to an activating group) is 1. The highest BCUT2D eigenvalue weighted by Crippen LogP contribution is 2.27. The summed E-state index contributed by atoms with van der Waals surface area (Å²) < 4.78 is 0. The molecule has 0 aliphatic carbocycles. The van der Waals surface area contributed by atoms with Crippen LogP contribution >= 0.6 is 0 Å². The van der Waals surface area contributed by atoms with Gasteiger partial charge in [0.1, 0.15) is 0 Å². The maximum Gasteiger partial charge on any atom is 0.0417 e. The molecule has 1 aromatic carbocycles. The van der Waals surface area contributed by atoms with Gasteiger partial charge in [0.05, 0.1) is 0 Å². The van der Waals surface area contributed by atoms with Crippen molar-refractivity contribution in [2.75, 3.05) is 37.8 Å². The van der Waals surface area contributed by atoms with Gasteiger partial charge in [0, 0.05) is 30.5 Å². The van der Waals surface area contributed by atoms with Crippen molar-refractivity contribution in [3.05, 3.63) is 23.8 Å². The smallest absolute Gasteiger partial charge is 0.0417 e. The Morgan fingerprint density at radius 1 is 1.38 bits per heavy atom. The first kappa shape index (κ1) is 11.3. The lowest BCUT2D eigenvalue weighted by atomic mass is 10.1. The number of aryl methyl sites for hydroxylation is 1. The molecule has 88 valence electrons. The maximum atomic E-state index is 5.85. The second-order valence-corrected chi connectivity index (χ2v) is 4.90. The standard InChI is InChI=1S/C13H21N3/c1-10-4-5-11(14)8-13(10)16-7-6-12(9-16)15(2)3/h4-5,8,12H,6-7,9,14H2,1-3H3/t12-/m0/s1. The molecule has 1 aliphatic heterocycles. The third-order valence-electron chi connectivity index (χ3n) is 3.47. The summed E-state index contributed by atoms with van der Waals surface area (Å²) in [5.41, 5.74) is 9.32. The van der Waals surface area contributed by atoms with Crippen molar-refractivity contribution >= 4 is 11.4 Å². The van der Waals surface area contributed by atoms with E-state index < -0.39 is 0 Å². The highest BCUT2D eigenvalue weighted by atomic mass is 15.2. The molecular formula is C13H21N3. The summed E-state index contributed by atoms with van der Waals surface area (Å²) in [6.07, 6.45) is 1.24. The average molecular weight is 219 g/mol. The number of nitrogens with two attached hydrogens (primary N) is 1. The first-order valence-electron chi connectivity index (χ1n) is 5.85. The highest BCUT2D eigenvalue weighted by molar-refractivity contribution is 5.61. The second kappa shape index (κ2) is 4.34. The Bertz CT molecular complexity index is 373. The summed E-state index contributed by atoms with van der Waals surface area (Å²) in [5, 5.41) is 0. The lowest BCUT2D eigenvalue weighted by Crippen LogP contribution is -2.31. The molecule has 1 saturated heterocycles. The van der Waals surface area contributed by atoms with Gasteiger partial charge in [-0.15, -0.1) is 0 Å². The molecule has 1 fully saturated rings. The third kappa shape index (κ3) is 2.14. The Morgan fingerprint density at radius 2 is 2.12 bits per heavy atom. The van der Waals surface area contributed by atoms with Crippen molar-refractivity contribution in [2.45, 2.75) is 19.4 Å². The topological polar surface area (TPSA) is 32.5 Å². The summed E-state index contributed by atoms with van der Waals surface area (Å²) in [4.78, 5) is 4.75. The Balaban J connectivity index is 2.17. The van der Waals surface area contributed by atoms with Crippen LogP contribution in [0.3, 0.4) is 0 Å². The molecule has 1 aromatic rings. The molecule has 2 N–H and O–H groups in total. The largest absolute Gasteiger partial charge is 0.399 e. The minimum atomic E-state index is 0.667. The van der Waals surface area contributed by atoms with Gasteiger partial charge in [0.25, 0.3) is 0 Å². The van der Waals surface area contributed by atoms with Crippen LogP contribution in [-0.4, -0.2) is 38.1 Å². The predicted molar refractivity (Wildman–Crippen MR) is 69.9 cm³/mol. The fourth-order valence-electron chi connectivity index (χ4n) is 2.35. The van der Waals surface area contributed by atoms with Crippen molar-refractivity contribution in [3.63, 3.8) is 0 Å². The summed E-state index contributed by atoms with van der Waals surface area (Å²) in [7, 11) is 4.31. The Labute approximate surface area is 97.8 Å². The number of nitrogen functional groups attached to an aromatic ring is 1. The predicted octanol–water partition coefficient (Wildman–Crippen LogP) is 1.72. The summed E-state index contributed by atoms with van der Waals surface area (Å²) >= 11 is 0. The number of hydrogen-bond acceptors (Lipinski definition) is 3. The van der Waals surface area contributed by atoms with Crippen LogP contribution in [-0.2, 0) is 0 Å². The van der Waals surface area contributed by atoms with E-state index in [4.69, 9.17) is 5.73 Å². The Hall–Kier alpha value is -1.22. The summed E-state index contributed by atoms with van der Waals surface area (Å²) in [6.45, 7) is 4.39. The highest BCUT2D eigenvalue weighted by Gasteiger charge is 2.24. The Morgan fingerprint density at radius 3 is 2.75 bits per heavy atom. The molecule has 0 spiro atoms. The van der Waals surface area contributed by atoms with Gasteiger partial charge in [-0.1, -0.05) is 6.07 Å². The van der Waals surface area contributed by atoms with E-state index in [0.717, 1.165) is 18.8 Å². The summed E-state index contributed by atoms with van der Waals surface area (Å²) in [6, 6.07) is 6.83. The molecule has 0 bridgehead atoms. The normalized spacial score (nSPS) is 20.8. The minimum Gasteiger partial charge on any atom is -0.399 e. The molecule has 2 rings (SSSR count).